The van der Waals surface area contributed by atoms with Crippen molar-refractivity contribution in [3.05, 3.63) is 35.1 Å². The molecule has 0 aliphatic rings. The van der Waals surface area contributed by atoms with Crippen LogP contribution in [0.5, 0.6) is 0 Å². The topological polar surface area (TPSA) is 69.1 Å². The molecule has 0 bridgehead atoms. The molecule has 19 heavy (non-hydrogen) atoms. The summed E-state index contributed by atoms with van der Waals surface area (Å²) in [4.78, 5) is 10.9. The maximum Gasteiger partial charge on any atom is 0.217 e. The van der Waals surface area contributed by atoms with Crippen LogP contribution in [0.1, 0.15) is 38.3 Å². The van der Waals surface area contributed by atoms with Gasteiger partial charge in [0, 0.05) is 24.1 Å². The van der Waals surface area contributed by atoms with Gasteiger partial charge in [0.25, 0.3) is 0 Å². The molecule has 4 N–H and O–H groups in total. The molecule has 0 fully saturated rings. The van der Waals surface area contributed by atoms with E-state index in [-0.39, 0.29) is 18.4 Å². The molecule has 0 radical (unpaired) electrons. The fourth-order valence-corrected chi connectivity index (χ4v) is 2.07. The van der Waals surface area contributed by atoms with E-state index in [2.05, 4.69) is 0 Å². The van der Waals surface area contributed by atoms with Gasteiger partial charge < -0.3 is 11.5 Å². The third kappa shape index (κ3) is 4.24. The van der Waals surface area contributed by atoms with Gasteiger partial charge in [0.15, 0.2) is 11.6 Å². The van der Waals surface area contributed by atoms with Gasteiger partial charge in [-0.3, -0.25) is 4.79 Å². The van der Waals surface area contributed by atoms with Crippen LogP contribution in [0.15, 0.2) is 12.1 Å². The SMILES string of the molecule is CC(C)(CC(N)=O)CC(N)c1cc(F)c(F)cc1F. The van der Waals surface area contributed by atoms with Crippen LogP contribution in [0.4, 0.5) is 13.2 Å². The molecule has 106 valence electrons. The van der Waals surface area contributed by atoms with Crippen molar-refractivity contribution in [1.29, 1.82) is 0 Å². The Morgan fingerprint density at radius 3 is 2.26 bits per heavy atom. The molecule has 1 rings (SSSR count). The number of hydrogen-bond donors (Lipinski definition) is 2. The number of nitrogens with two attached hydrogens (primary N) is 2. The lowest BCUT2D eigenvalue weighted by Gasteiger charge is -2.27. The van der Waals surface area contributed by atoms with E-state index >= 15 is 0 Å². The summed E-state index contributed by atoms with van der Waals surface area (Å²) in [5.41, 5.74) is 10.2. The van der Waals surface area contributed by atoms with Gasteiger partial charge in [-0.1, -0.05) is 13.8 Å². The third-order valence-corrected chi connectivity index (χ3v) is 2.86. The van der Waals surface area contributed by atoms with Gasteiger partial charge in [0.1, 0.15) is 5.82 Å². The maximum absolute atomic E-state index is 13.5. The summed E-state index contributed by atoms with van der Waals surface area (Å²) in [5, 5.41) is 0. The highest BCUT2D eigenvalue weighted by atomic mass is 19.2. The Morgan fingerprint density at radius 2 is 1.74 bits per heavy atom. The van der Waals surface area contributed by atoms with Crippen LogP contribution < -0.4 is 11.5 Å². The number of benzene rings is 1. The van der Waals surface area contributed by atoms with E-state index in [0.717, 1.165) is 6.07 Å². The molecule has 0 saturated carbocycles. The summed E-state index contributed by atoms with van der Waals surface area (Å²) in [5.74, 6) is -3.81. The first-order chi connectivity index (χ1) is 8.62. The molecule has 1 aromatic carbocycles. The number of halogens is 3. The number of hydrogen-bond acceptors (Lipinski definition) is 2. The van der Waals surface area contributed by atoms with Crippen molar-refractivity contribution in [3.8, 4) is 0 Å². The monoisotopic (exact) mass is 274 g/mol. The predicted molar refractivity (Wildman–Crippen MR) is 65.5 cm³/mol. The van der Waals surface area contributed by atoms with Gasteiger partial charge in [-0.15, -0.1) is 0 Å². The maximum atomic E-state index is 13.5. The normalized spacial score (nSPS) is 13.4. The largest absolute Gasteiger partial charge is 0.370 e. The minimum absolute atomic E-state index is 0.0754. The highest BCUT2D eigenvalue weighted by Crippen LogP contribution is 2.32. The van der Waals surface area contributed by atoms with Gasteiger partial charge in [-0.25, -0.2) is 13.2 Å². The van der Waals surface area contributed by atoms with E-state index in [4.69, 9.17) is 11.5 Å². The average Bonchev–Trinajstić information content (AvgIpc) is 2.20. The van der Waals surface area contributed by atoms with E-state index in [1.54, 1.807) is 13.8 Å². The zero-order valence-electron chi connectivity index (χ0n) is 10.8. The summed E-state index contributed by atoms with van der Waals surface area (Å²) in [6.07, 6.45) is 0.296. The molecule has 0 aliphatic heterocycles. The van der Waals surface area contributed by atoms with Crippen LogP contribution >= 0.6 is 0 Å². The fourth-order valence-electron chi connectivity index (χ4n) is 2.07. The molecule has 0 aliphatic carbocycles. The highest BCUT2D eigenvalue weighted by molar-refractivity contribution is 5.74. The average molecular weight is 274 g/mol. The molecule has 1 amide bonds. The first-order valence-corrected chi connectivity index (χ1v) is 5.81. The molecule has 1 atom stereocenters. The third-order valence-electron chi connectivity index (χ3n) is 2.86. The lowest BCUT2D eigenvalue weighted by molar-refractivity contribution is -0.120. The van der Waals surface area contributed by atoms with Crippen molar-refractivity contribution in [2.24, 2.45) is 16.9 Å². The first kappa shape index (κ1) is 15.5. The Morgan fingerprint density at radius 1 is 1.21 bits per heavy atom. The van der Waals surface area contributed by atoms with Gasteiger partial charge in [0.2, 0.25) is 5.91 Å². The number of primary amides is 1. The Kier molecular flexibility index (Phi) is 4.57. The lowest BCUT2D eigenvalue weighted by atomic mass is 9.81. The Bertz CT molecular complexity index is 489. The summed E-state index contributed by atoms with van der Waals surface area (Å²) in [6.45, 7) is 3.49. The Balaban J connectivity index is 2.92. The number of amides is 1. The minimum atomic E-state index is -1.26. The zero-order chi connectivity index (χ0) is 14.8. The van der Waals surface area contributed by atoms with E-state index in [1.165, 1.54) is 0 Å². The number of carbonyl (C=O) groups is 1. The summed E-state index contributed by atoms with van der Waals surface area (Å²) in [7, 11) is 0. The molecular formula is C13H17F3N2O. The first-order valence-electron chi connectivity index (χ1n) is 5.81. The molecule has 1 unspecified atom stereocenters. The molecular weight excluding hydrogens is 257 g/mol. The second kappa shape index (κ2) is 5.61. The van der Waals surface area contributed by atoms with Crippen LogP contribution in [0.2, 0.25) is 0 Å². The van der Waals surface area contributed by atoms with E-state index in [9.17, 15) is 18.0 Å². The number of carbonyl (C=O) groups excluding carboxylic acids is 1. The predicted octanol–water partition coefficient (Wildman–Crippen LogP) is 2.40. The van der Waals surface area contributed by atoms with Gasteiger partial charge in [-0.05, 0) is 17.9 Å². The van der Waals surface area contributed by atoms with Crippen molar-refractivity contribution < 1.29 is 18.0 Å². The van der Waals surface area contributed by atoms with Crippen LogP contribution in [-0.2, 0) is 4.79 Å². The quantitative estimate of drug-likeness (QED) is 0.809. The smallest absolute Gasteiger partial charge is 0.217 e. The second-order valence-corrected chi connectivity index (χ2v) is 5.41. The summed E-state index contributed by atoms with van der Waals surface area (Å²) in [6, 6.07) is 0.367. The van der Waals surface area contributed by atoms with E-state index in [0.29, 0.717) is 6.07 Å². The number of rotatable bonds is 5. The van der Waals surface area contributed by atoms with Gasteiger partial charge in [-0.2, -0.15) is 0 Å². The molecule has 3 nitrogen and oxygen atoms in total. The summed E-state index contributed by atoms with van der Waals surface area (Å²) >= 11 is 0. The Hall–Kier alpha value is -1.56. The van der Waals surface area contributed by atoms with Crippen molar-refractivity contribution in [1.82, 2.24) is 0 Å². The highest BCUT2D eigenvalue weighted by Gasteiger charge is 2.26. The van der Waals surface area contributed by atoms with Crippen LogP contribution in [0, 0.1) is 22.9 Å². The minimum Gasteiger partial charge on any atom is -0.370 e. The van der Waals surface area contributed by atoms with Crippen LogP contribution in [0.3, 0.4) is 0 Å². The molecule has 6 heteroatoms. The lowest BCUT2D eigenvalue weighted by Crippen LogP contribution is -2.27. The molecule has 0 spiro atoms. The van der Waals surface area contributed by atoms with Crippen molar-refractivity contribution in [2.75, 3.05) is 0 Å². The van der Waals surface area contributed by atoms with E-state index < -0.39 is 34.8 Å². The summed E-state index contributed by atoms with van der Waals surface area (Å²) < 4.78 is 39.4. The van der Waals surface area contributed by atoms with Crippen molar-refractivity contribution in [3.63, 3.8) is 0 Å². The van der Waals surface area contributed by atoms with E-state index in [1.807, 2.05) is 0 Å². The standard InChI is InChI=1S/C13H17F3N2O/c1-13(2,6-12(18)19)5-11(17)7-3-9(15)10(16)4-8(7)14/h3-4,11H,5-6,17H2,1-2H3,(H2,18,19). The van der Waals surface area contributed by atoms with Crippen LogP contribution in [-0.4, -0.2) is 5.91 Å². The van der Waals surface area contributed by atoms with Crippen LogP contribution in [0.25, 0.3) is 0 Å². The fraction of sp³-hybridized carbons (Fsp3) is 0.462. The molecule has 0 heterocycles. The second-order valence-electron chi connectivity index (χ2n) is 5.41. The van der Waals surface area contributed by atoms with Gasteiger partial charge >= 0.3 is 0 Å². The van der Waals surface area contributed by atoms with Gasteiger partial charge in [0.05, 0.1) is 0 Å². The Labute approximate surface area is 109 Å². The molecule has 0 saturated heterocycles. The van der Waals surface area contributed by atoms with Crippen molar-refractivity contribution >= 4 is 5.91 Å². The van der Waals surface area contributed by atoms with Crippen molar-refractivity contribution in [2.45, 2.75) is 32.7 Å². The molecule has 1 aromatic rings. The zero-order valence-corrected chi connectivity index (χ0v) is 10.8. The molecule has 0 aromatic heterocycles.